The van der Waals surface area contributed by atoms with E-state index >= 15 is 0 Å². The number of fused-ring (bicyclic) bond motifs is 1. The van der Waals surface area contributed by atoms with Crippen molar-refractivity contribution in [1.82, 2.24) is 10.5 Å². The third-order valence-electron chi connectivity index (χ3n) is 5.97. The highest BCUT2D eigenvalue weighted by molar-refractivity contribution is 5.94. The molecule has 7 heteroatoms. The minimum atomic E-state index is -0.319. The van der Waals surface area contributed by atoms with Gasteiger partial charge < -0.3 is 19.3 Å². The Kier molecular flexibility index (Phi) is 6.51. The van der Waals surface area contributed by atoms with Crippen LogP contribution in [0.5, 0.6) is 11.5 Å². The van der Waals surface area contributed by atoms with Crippen LogP contribution in [0.2, 0.25) is 0 Å². The van der Waals surface area contributed by atoms with Crippen LogP contribution < -0.4 is 14.8 Å². The molecule has 1 aliphatic rings. The van der Waals surface area contributed by atoms with Gasteiger partial charge in [0, 0.05) is 22.9 Å². The minimum absolute atomic E-state index is 0.0104. The van der Waals surface area contributed by atoms with Gasteiger partial charge in [-0.15, -0.1) is 0 Å². The van der Waals surface area contributed by atoms with Gasteiger partial charge in [0.05, 0.1) is 19.4 Å². The average Bonchev–Trinajstić information content (AvgIpc) is 3.19. The molecule has 1 saturated heterocycles. The van der Waals surface area contributed by atoms with Gasteiger partial charge in [-0.2, -0.15) is 0 Å². The highest BCUT2D eigenvalue weighted by Gasteiger charge is 2.30. The van der Waals surface area contributed by atoms with Gasteiger partial charge in [0.25, 0.3) is 0 Å². The van der Waals surface area contributed by atoms with Crippen molar-refractivity contribution in [1.29, 1.82) is 0 Å². The van der Waals surface area contributed by atoms with Crippen LogP contribution >= 0.6 is 0 Å². The van der Waals surface area contributed by atoms with Crippen molar-refractivity contribution in [2.24, 2.45) is 5.92 Å². The second kappa shape index (κ2) is 9.47. The van der Waals surface area contributed by atoms with E-state index in [1.165, 1.54) is 19.1 Å². The number of ketones is 1. The van der Waals surface area contributed by atoms with Crippen molar-refractivity contribution < 1.29 is 23.2 Å². The van der Waals surface area contributed by atoms with Crippen LogP contribution in [0.25, 0.3) is 11.0 Å². The molecule has 164 valence electrons. The summed E-state index contributed by atoms with van der Waals surface area (Å²) in [5.41, 5.74) is 2.01. The van der Waals surface area contributed by atoms with Gasteiger partial charge >= 0.3 is 0 Å². The van der Waals surface area contributed by atoms with Gasteiger partial charge in [0.2, 0.25) is 0 Å². The molecule has 1 N–H and O–H groups in total. The second-order valence-corrected chi connectivity index (χ2v) is 7.98. The zero-order valence-corrected chi connectivity index (χ0v) is 17.8. The Labute approximate surface area is 180 Å². The normalized spacial score (nSPS) is 18.8. The van der Waals surface area contributed by atoms with Gasteiger partial charge in [0.1, 0.15) is 5.82 Å². The van der Waals surface area contributed by atoms with Crippen molar-refractivity contribution in [3.63, 3.8) is 0 Å². The lowest BCUT2D eigenvalue weighted by Crippen LogP contribution is -2.35. The zero-order valence-electron chi connectivity index (χ0n) is 17.8. The topological polar surface area (TPSA) is 73.6 Å². The number of benzene rings is 2. The van der Waals surface area contributed by atoms with Crippen LogP contribution in [0.3, 0.4) is 0 Å². The molecule has 4 rings (SSSR count). The predicted molar refractivity (Wildman–Crippen MR) is 115 cm³/mol. The number of rotatable bonds is 8. The number of carbonyl (C=O) groups is 1. The summed E-state index contributed by atoms with van der Waals surface area (Å²) in [6.07, 6.45) is 2.79. The van der Waals surface area contributed by atoms with Crippen LogP contribution in [0.15, 0.2) is 40.9 Å². The standard InChI is InChI=1S/C24H27FN2O4/c1-15(28)16-5-8-21(23(12-16)29-2)30-11-3-4-17-14-26-10-9-19(17)24-20-7-6-18(25)13-22(20)31-27-24/h5-8,12-13,17,19,26H,3-4,9-11,14H2,1-2H3. The van der Waals surface area contributed by atoms with Crippen molar-refractivity contribution in [2.45, 2.75) is 32.1 Å². The van der Waals surface area contributed by atoms with Crippen molar-refractivity contribution in [3.05, 3.63) is 53.5 Å². The first-order chi connectivity index (χ1) is 15.1. The maximum atomic E-state index is 13.5. The Hall–Kier alpha value is -2.93. The number of nitrogens with zero attached hydrogens (tertiary/aromatic N) is 1. The Balaban J connectivity index is 1.39. The monoisotopic (exact) mass is 426 g/mol. The van der Waals surface area contributed by atoms with E-state index in [1.54, 1.807) is 31.4 Å². The Bertz CT molecular complexity index is 1060. The van der Waals surface area contributed by atoms with Gasteiger partial charge in [-0.25, -0.2) is 4.39 Å². The van der Waals surface area contributed by atoms with Crippen LogP contribution in [0.1, 0.15) is 48.2 Å². The molecule has 1 fully saturated rings. The molecule has 0 amide bonds. The highest BCUT2D eigenvalue weighted by atomic mass is 19.1. The maximum Gasteiger partial charge on any atom is 0.170 e. The largest absolute Gasteiger partial charge is 0.493 e. The number of aromatic nitrogens is 1. The molecule has 2 atom stereocenters. The van der Waals surface area contributed by atoms with Gasteiger partial charge in [0.15, 0.2) is 22.9 Å². The Morgan fingerprint density at radius 1 is 1.26 bits per heavy atom. The maximum absolute atomic E-state index is 13.5. The summed E-state index contributed by atoms with van der Waals surface area (Å²) in [7, 11) is 1.57. The Morgan fingerprint density at radius 3 is 2.94 bits per heavy atom. The highest BCUT2D eigenvalue weighted by Crippen LogP contribution is 2.37. The number of hydrogen-bond donors (Lipinski definition) is 1. The van der Waals surface area contributed by atoms with E-state index in [9.17, 15) is 9.18 Å². The molecule has 1 aromatic heterocycles. The van der Waals surface area contributed by atoms with Crippen LogP contribution in [0, 0.1) is 11.7 Å². The van der Waals surface area contributed by atoms with E-state index in [0.29, 0.717) is 35.2 Å². The molecule has 0 bridgehead atoms. The zero-order chi connectivity index (χ0) is 21.8. The second-order valence-electron chi connectivity index (χ2n) is 7.98. The molecule has 2 unspecified atom stereocenters. The summed E-state index contributed by atoms with van der Waals surface area (Å²) in [6, 6.07) is 9.84. The number of carbonyl (C=O) groups excluding carboxylic acids is 1. The first-order valence-electron chi connectivity index (χ1n) is 10.6. The molecule has 0 radical (unpaired) electrons. The van der Waals surface area contributed by atoms with E-state index in [0.717, 1.165) is 43.4 Å². The quantitative estimate of drug-likeness (QED) is 0.415. The molecule has 2 aromatic carbocycles. The molecule has 2 heterocycles. The summed E-state index contributed by atoms with van der Waals surface area (Å²) >= 11 is 0. The molecule has 6 nitrogen and oxygen atoms in total. The molecule has 0 saturated carbocycles. The SMILES string of the molecule is COc1cc(C(C)=O)ccc1OCCCC1CNCCC1c1noc2cc(F)ccc12. The number of hydrogen-bond acceptors (Lipinski definition) is 6. The van der Waals surface area contributed by atoms with E-state index in [4.69, 9.17) is 14.0 Å². The number of methoxy groups -OCH3 is 1. The van der Waals surface area contributed by atoms with E-state index in [2.05, 4.69) is 10.5 Å². The molecule has 1 aliphatic heterocycles. The summed E-state index contributed by atoms with van der Waals surface area (Å²) < 4.78 is 30.2. The number of piperidine rings is 1. The number of nitrogens with one attached hydrogen (secondary N) is 1. The third-order valence-corrected chi connectivity index (χ3v) is 5.97. The van der Waals surface area contributed by atoms with Crippen molar-refractivity contribution in [3.8, 4) is 11.5 Å². The van der Waals surface area contributed by atoms with Gasteiger partial charge in [-0.05, 0) is 75.5 Å². The fraction of sp³-hybridized carbons (Fsp3) is 0.417. The summed E-state index contributed by atoms with van der Waals surface area (Å²) in [5.74, 6) is 1.52. The van der Waals surface area contributed by atoms with E-state index < -0.39 is 0 Å². The summed E-state index contributed by atoms with van der Waals surface area (Å²) in [6.45, 7) is 3.89. The Morgan fingerprint density at radius 2 is 2.13 bits per heavy atom. The molecular formula is C24H27FN2O4. The van der Waals surface area contributed by atoms with Gasteiger partial charge in [-0.3, -0.25) is 4.79 Å². The predicted octanol–water partition coefficient (Wildman–Crippen LogP) is 4.73. The number of halogens is 1. The fourth-order valence-corrected chi connectivity index (χ4v) is 4.32. The van der Waals surface area contributed by atoms with E-state index in [1.807, 2.05) is 0 Å². The van der Waals surface area contributed by atoms with Crippen molar-refractivity contribution >= 4 is 16.8 Å². The molecule has 0 spiro atoms. The summed E-state index contributed by atoms with van der Waals surface area (Å²) in [4.78, 5) is 11.6. The first kappa shape index (κ1) is 21.3. The lowest BCUT2D eigenvalue weighted by molar-refractivity contribution is 0.101. The minimum Gasteiger partial charge on any atom is -0.493 e. The van der Waals surface area contributed by atoms with Crippen molar-refractivity contribution in [2.75, 3.05) is 26.8 Å². The van der Waals surface area contributed by atoms with Gasteiger partial charge in [-0.1, -0.05) is 5.16 Å². The smallest absolute Gasteiger partial charge is 0.170 e. The van der Waals surface area contributed by atoms with Crippen LogP contribution in [0.4, 0.5) is 4.39 Å². The molecule has 3 aromatic rings. The fourth-order valence-electron chi connectivity index (χ4n) is 4.32. The number of ether oxygens (including phenoxy) is 2. The molecule has 31 heavy (non-hydrogen) atoms. The lowest BCUT2D eigenvalue weighted by Gasteiger charge is -2.31. The first-order valence-corrected chi connectivity index (χ1v) is 10.6. The van der Waals surface area contributed by atoms with Crippen LogP contribution in [-0.4, -0.2) is 37.7 Å². The average molecular weight is 426 g/mol. The lowest BCUT2D eigenvalue weighted by atomic mass is 9.80. The van der Waals surface area contributed by atoms with Crippen LogP contribution in [-0.2, 0) is 0 Å². The third kappa shape index (κ3) is 4.71. The molecule has 0 aliphatic carbocycles. The molecular weight excluding hydrogens is 399 g/mol. The number of Topliss-reactive ketones (excluding diaryl/α,β-unsaturated/α-hetero) is 1. The van der Waals surface area contributed by atoms with E-state index in [-0.39, 0.29) is 17.5 Å². The summed E-state index contributed by atoms with van der Waals surface area (Å²) in [5, 5.41) is 8.65.